The van der Waals surface area contributed by atoms with Crippen LogP contribution in [-0.2, 0) is 13.6 Å². The minimum Gasteiger partial charge on any atom is -0.478 e. The Kier molecular flexibility index (Phi) is 5.69. The van der Waals surface area contributed by atoms with E-state index >= 15 is 0 Å². The van der Waals surface area contributed by atoms with E-state index in [1.807, 2.05) is 12.1 Å². The zero-order valence-corrected chi connectivity index (χ0v) is 17.1. The van der Waals surface area contributed by atoms with Gasteiger partial charge in [-0.15, -0.1) is 0 Å². The number of hydrogen-bond acceptors (Lipinski definition) is 5. The Morgan fingerprint density at radius 2 is 2.00 bits per heavy atom. The molecule has 2 N–H and O–H groups in total. The van der Waals surface area contributed by atoms with E-state index in [0.717, 1.165) is 44.0 Å². The molecule has 1 fully saturated rings. The van der Waals surface area contributed by atoms with Crippen molar-refractivity contribution in [3.63, 3.8) is 0 Å². The Labute approximate surface area is 174 Å². The average molecular weight is 414 g/mol. The second-order valence-electron chi connectivity index (χ2n) is 7.56. The van der Waals surface area contributed by atoms with Gasteiger partial charge < -0.3 is 19.9 Å². The highest BCUT2D eigenvalue weighted by molar-refractivity contribution is 6.31. The van der Waals surface area contributed by atoms with Gasteiger partial charge in [0.2, 0.25) is 5.95 Å². The molecule has 2 aromatic heterocycles. The number of piperidine rings is 1. The molecule has 0 bridgehead atoms. The number of carbonyl (C=O) groups is 1. The van der Waals surface area contributed by atoms with Crippen LogP contribution in [0.4, 0.5) is 5.95 Å². The van der Waals surface area contributed by atoms with Crippen molar-refractivity contribution < 1.29 is 9.90 Å². The van der Waals surface area contributed by atoms with Crippen molar-refractivity contribution in [1.82, 2.24) is 19.9 Å². The summed E-state index contributed by atoms with van der Waals surface area (Å²) in [7, 11) is 2.06. The standard InChI is InChI=1S/C21H24ClN5O2/c1-26-13-16(18-8-17(22)2-3-19(18)26)10-23-9-14-4-6-27(7-5-14)21-24-11-15(12-25-21)20(28)29/h2-3,8,11-14,23H,4-7,9-10H2,1H3,(H,28,29). The lowest BCUT2D eigenvalue weighted by atomic mass is 9.97. The smallest absolute Gasteiger partial charge is 0.338 e. The molecule has 0 aliphatic carbocycles. The molecule has 7 nitrogen and oxygen atoms in total. The molecular formula is C21H24ClN5O2. The molecule has 29 heavy (non-hydrogen) atoms. The van der Waals surface area contributed by atoms with E-state index in [2.05, 4.69) is 44.1 Å². The largest absolute Gasteiger partial charge is 0.478 e. The minimum atomic E-state index is -1.00. The fourth-order valence-corrected chi connectivity index (χ4v) is 4.10. The molecule has 0 radical (unpaired) electrons. The van der Waals surface area contributed by atoms with Gasteiger partial charge in [0.1, 0.15) is 0 Å². The van der Waals surface area contributed by atoms with E-state index in [1.54, 1.807) is 0 Å². The van der Waals surface area contributed by atoms with Crippen LogP contribution in [0.1, 0.15) is 28.8 Å². The average Bonchev–Trinajstić information content (AvgIpc) is 3.03. The maximum Gasteiger partial charge on any atom is 0.338 e. The minimum absolute atomic E-state index is 0.113. The summed E-state index contributed by atoms with van der Waals surface area (Å²) < 4.78 is 2.14. The predicted octanol–water partition coefficient (Wildman–Crippen LogP) is 3.33. The van der Waals surface area contributed by atoms with Gasteiger partial charge in [0.05, 0.1) is 5.56 Å². The molecular weight excluding hydrogens is 390 g/mol. The first-order chi connectivity index (χ1) is 14.0. The molecule has 0 saturated carbocycles. The monoisotopic (exact) mass is 413 g/mol. The van der Waals surface area contributed by atoms with Gasteiger partial charge in [0.15, 0.2) is 0 Å². The summed E-state index contributed by atoms with van der Waals surface area (Å²) in [5, 5.41) is 14.5. The van der Waals surface area contributed by atoms with Crippen molar-refractivity contribution in [2.75, 3.05) is 24.5 Å². The third-order valence-corrected chi connectivity index (χ3v) is 5.80. The van der Waals surface area contributed by atoms with E-state index in [4.69, 9.17) is 16.7 Å². The molecule has 152 valence electrons. The number of benzene rings is 1. The van der Waals surface area contributed by atoms with Crippen molar-refractivity contribution in [1.29, 1.82) is 0 Å². The first-order valence-electron chi connectivity index (χ1n) is 9.75. The van der Waals surface area contributed by atoms with Gasteiger partial charge in [-0.25, -0.2) is 14.8 Å². The van der Waals surface area contributed by atoms with Crippen LogP contribution in [0.5, 0.6) is 0 Å². The number of rotatable bonds is 6. The van der Waals surface area contributed by atoms with Crippen LogP contribution in [0.3, 0.4) is 0 Å². The molecule has 0 atom stereocenters. The number of anilines is 1. The number of fused-ring (bicyclic) bond motifs is 1. The molecule has 3 heterocycles. The summed E-state index contributed by atoms with van der Waals surface area (Å²) in [4.78, 5) is 21.4. The molecule has 1 aromatic carbocycles. The number of carboxylic acid groups (broad SMARTS) is 1. The quantitative estimate of drug-likeness (QED) is 0.645. The Morgan fingerprint density at radius 3 is 2.69 bits per heavy atom. The third-order valence-electron chi connectivity index (χ3n) is 5.57. The zero-order chi connectivity index (χ0) is 20.4. The first kappa shape index (κ1) is 19.7. The van der Waals surface area contributed by atoms with Gasteiger partial charge in [0.25, 0.3) is 0 Å². The second kappa shape index (κ2) is 8.39. The topological polar surface area (TPSA) is 83.3 Å². The van der Waals surface area contributed by atoms with Crippen molar-refractivity contribution in [3.05, 3.63) is 52.9 Å². The van der Waals surface area contributed by atoms with Crippen LogP contribution >= 0.6 is 11.6 Å². The van der Waals surface area contributed by atoms with Crippen molar-refractivity contribution >= 4 is 34.4 Å². The summed E-state index contributed by atoms with van der Waals surface area (Å²) in [6, 6.07) is 6.01. The number of aromatic nitrogens is 3. The summed E-state index contributed by atoms with van der Waals surface area (Å²) in [5.41, 5.74) is 2.56. The van der Waals surface area contributed by atoms with Crippen LogP contribution in [-0.4, -0.2) is 45.2 Å². The molecule has 1 saturated heterocycles. The number of hydrogen-bond donors (Lipinski definition) is 2. The van der Waals surface area contributed by atoms with E-state index < -0.39 is 5.97 Å². The van der Waals surface area contributed by atoms with Crippen molar-refractivity contribution in [2.45, 2.75) is 19.4 Å². The number of aromatic carboxylic acids is 1. The van der Waals surface area contributed by atoms with Crippen LogP contribution in [0.2, 0.25) is 5.02 Å². The van der Waals surface area contributed by atoms with E-state index in [0.29, 0.717) is 11.9 Å². The predicted molar refractivity (Wildman–Crippen MR) is 114 cm³/mol. The van der Waals surface area contributed by atoms with E-state index in [-0.39, 0.29) is 5.56 Å². The SMILES string of the molecule is Cn1cc(CNCC2CCN(c3ncc(C(=O)O)cn3)CC2)c2cc(Cl)ccc21. The molecule has 0 amide bonds. The van der Waals surface area contributed by atoms with Gasteiger partial charge in [-0.2, -0.15) is 0 Å². The molecule has 0 spiro atoms. The Morgan fingerprint density at radius 1 is 1.28 bits per heavy atom. The summed E-state index contributed by atoms with van der Waals surface area (Å²) in [5.74, 6) is 0.201. The zero-order valence-electron chi connectivity index (χ0n) is 16.3. The van der Waals surface area contributed by atoms with Gasteiger partial charge in [-0.3, -0.25) is 0 Å². The second-order valence-corrected chi connectivity index (χ2v) is 8.00. The van der Waals surface area contributed by atoms with E-state index in [1.165, 1.54) is 28.9 Å². The van der Waals surface area contributed by atoms with Gasteiger partial charge in [-0.05, 0) is 49.1 Å². The van der Waals surface area contributed by atoms with Gasteiger partial charge in [0, 0.05) is 61.2 Å². The Hall–Kier alpha value is -2.64. The number of nitrogens with one attached hydrogen (secondary N) is 1. The maximum atomic E-state index is 10.9. The fourth-order valence-electron chi connectivity index (χ4n) is 3.93. The van der Waals surface area contributed by atoms with Gasteiger partial charge in [-0.1, -0.05) is 11.6 Å². The highest BCUT2D eigenvalue weighted by Gasteiger charge is 2.21. The van der Waals surface area contributed by atoms with Crippen molar-refractivity contribution in [3.8, 4) is 0 Å². The summed E-state index contributed by atoms with van der Waals surface area (Å²) in [6.07, 6.45) is 7.01. The molecule has 0 unspecified atom stereocenters. The Balaban J connectivity index is 1.28. The van der Waals surface area contributed by atoms with Crippen LogP contribution in [0.15, 0.2) is 36.8 Å². The van der Waals surface area contributed by atoms with Crippen molar-refractivity contribution in [2.24, 2.45) is 13.0 Å². The molecule has 1 aliphatic heterocycles. The summed E-state index contributed by atoms with van der Waals surface area (Å²) >= 11 is 6.17. The normalized spacial score (nSPS) is 15.2. The number of carboxylic acids is 1. The van der Waals surface area contributed by atoms with Crippen LogP contribution in [0, 0.1) is 5.92 Å². The third kappa shape index (κ3) is 4.36. The molecule has 4 rings (SSSR count). The fraction of sp³-hybridized carbons (Fsp3) is 0.381. The molecule has 1 aliphatic rings. The summed E-state index contributed by atoms with van der Waals surface area (Å²) in [6.45, 7) is 3.53. The number of nitrogens with zero attached hydrogens (tertiary/aromatic N) is 4. The molecule has 3 aromatic rings. The van der Waals surface area contributed by atoms with E-state index in [9.17, 15) is 4.79 Å². The highest BCUT2D eigenvalue weighted by atomic mass is 35.5. The number of halogens is 1. The molecule has 8 heteroatoms. The van der Waals surface area contributed by atoms with Gasteiger partial charge >= 0.3 is 5.97 Å². The number of aryl methyl sites for hydroxylation is 1. The lowest BCUT2D eigenvalue weighted by molar-refractivity contribution is 0.0696. The highest BCUT2D eigenvalue weighted by Crippen LogP contribution is 2.25. The lowest BCUT2D eigenvalue weighted by Gasteiger charge is -2.32. The van der Waals surface area contributed by atoms with Crippen LogP contribution in [0.25, 0.3) is 10.9 Å². The maximum absolute atomic E-state index is 10.9. The Bertz CT molecular complexity index is 1010. The first-order valence-corrected chi connectivity index (χ1v) is 10.1. The lowest BCUT2D eigenvalue weighted by Crippen LogP contribution is -2.38. The van der Waals surface area contributed by atoms with Crippen LogP contribution < -0.4 is 10.2 Å².